The largest absolute Gasteiger partial charge is 0.481 e. The molecule has 5 nitrogen and oxygen atoms in total. The fourth-order valence-corrected chi connectivity index (χ4v) is 4.12. The van der Waals surface area contributed by atoms with E-state index < -0.39 is 5.97 Å². The van der Waals surface area contributed by atoms with Crippen LogP contribution in [0.25, 0.3) is 0 Å². The summed E-state index contributed by atoms with van der Waals surface area (Å²) in [6.07, 6.45) is 6.53. The van der Waals surface area contributed by atoms with Crippen molar-refractivity contribution in [1.29, 1.82) is 0 Å². The number of halogens is 1. The predicted octanol–water partition coefficient (Wildman–Crippen LogP) is 6.00. The molecule has 6 heteroatoms. The summed E-state index contributed by atoms with van der Waals surface area (Å²) >= 11 is 5.91. The van der Waals surface area contributed by atoms with E-state index in [2.05, 4.69) is 28.1 Å². The summed E-state index contributed by atoms with van der Waals surface area (Å²) in [6.45, 7) is 1.41. The van der Waals surface area contributed by atoms with Gasteiger partial charge in [0, 0.05) is 24.3 Å². The van der Waals surface area contributed by atoms with E-state index >= 15 is 0 Å². The summed E-state index contributed by atoms with van der Waals surface area (Å²) < 4.78 is 5.84. The van der Waals surface area contributed by atoms with Crippen LogP contribution in [0.3, 0.4) is 0 Å². The van der Waals surface area contributed by atoms with Crippen LogP contribution in [-0.4, -0.2) is 29.1 Å². The highest BCUT2D eigenvalue weighted by atomic mass is 35.5. The average Bonchev–Trinajstić information content (AvgIpc) is 2.82. The Kier molecular flexibility index (Phi) is 7.28. The molecule has 166 valence electrons. The normalized spacial score (nSPS) is 16.0. The van der Waals surface area contributed by atoms with E-state index in [1.807, 2.05) is 48.7 Å². The molecule has 0 aliphatic carbocycles. The number of carboxylic acids is 1. The third kappa shape index (κ3) is 6.01. The maximum Gasteiger partial charge on any atom is 0.308 e. The molecule has 1 aliphatic heterocycles. The fraction of sp³-hybridized carbons (Fsp3) is 0.308. The second-order valence-corrected chi connectivity index (χ2v) is 8.64. The van der Waals surface area contributed by atoms with Crippen molar-refractivity contribution in [3.63, 3.8) is 0 Å². The molecule has 2 heterocycles. The van der Waals surface area contributed by atoms with E-state index in [1.165, 1.54) is 11.1 Å². The zero-order valence-corrected chi connectivity index (χ0v) is 18.7. The molecule has 3 aromatic rings. The van der Waals surface area contributed by atoms with Gasteiger partial charge in [-0.25, -0.2) is 4.98 Å². The number of aryl methyl sites for hydroxylation is 2. The summed E-state index contributed by atoms with van der Waals surface area (Å²) in [4.78, 5) is 17.9. The van der Waals surface area contributed by atoms with Crippen molar-refractivity contribution in [3.8, 4) is 11.5 Å². The summed E-state index contributed by atoms with van der Waals surface area (Å²) in [7, 11) is 0. The van der Waals surface area contributed by atoms with Gasteiger partial charge < -0.3 is 14.7 Å². The molecule has 0 radical (unpaired) electrons. The lowest BCUT2D eigenvalue weighted by molar-refractivity contribution is -0.141. The van der Waals surface area contributed by atoms with Crippen molar-refractivity contribution < 1.29 is 14.6 Å². The van der Waals surface area contributed by atoms with Gasteiger partial charge in [0.05, 0.1) is 5.92 Å². The number of pyridine rings is 1. The first kappa shape index (κ1) is 22.2. The van der Waals surface area contributed by atoms with Crippen LogP contribution in [0.15, 0.2) is 66.9 Å². The quantitative estimate of drug-likeness (QED) is 0.455. The monoisotopic (exact) mass is 450 g/mol. The van der Waals surface area contributed by atoms with Crippen LogP contribution in [0.1, 0.15) is 30.4 Å². The molecular weight excluding hydrogens is 424 g/mol. The number of carbonyl (C=O) groups is 1. The summed E-state index contributed by atoms with van der Waals surface area (Å²) in [5.41, 5.74) is 2.47. The lowest BCUT2D eigenvalue weighted by Gasteiger charge is -2.31. The van der Waals surface area contributed by atoms with E-state index in [0.717, 1.165) is 56.0 Å². The second kappa shape index (κ2) is 10.5. The molecular formula is C26H27ClN2O3. The van der Waals surface area contributed by atoms with Gasteiger partial charge in [-0.1, -0.05) is 29.8 Å². The smallest absolute Gasteiger partial charge is 0.308 e. The van der Waals surface area contributed by atoms with Crippen LogP contribution in [0, 0.1) is 5.92 Å². The first-order chi connectivity index (χ1) is 15.6. The molecule has 4 rings (SSSR count). The number of benzene rings is 2. The minimum atomic E-state index is -0.712. The fourth-order valence-electron chi connectivity index (χ4n) is 4.00. The molecule has 0 amide bonds. The number of piperidine rings is 1. The lowest BCUT2D eigenvalue weighted by atomic mass is 9.98. The summed E-state index contributed by atoms with van der Waals surface area (Å²) in [5, 5.41) is 9.96. The van der Waals surface area contributed by atoms with Crippen molar-refractivity contribution in [3.05, 3.63) is 83.0 Å². The zero-order valence-electron chi connectivity index (χ0n) is 17.9. The lowest BCUT2D eigenvalue weighted by Crippen LogP contribution is -2.39. The number of hydrogen-bond acceptors (Lipinski definition) is 4. The Labute approximate surface area is 193 Å². The molecule has 0 spiro atoms. The van der Waals surface area contributed by atoms with Gasteiger partial charge in [0.1, 0.15) is 17.3 Å². The first-order valence-electron chi connectivity index (χ1n) is 11.0. The van der Waals surface area contributed by atoms with Crippen molar-refractivity contribution >= 4 is 23.4 Å². The van der Waals surface area contributed by atoms with Crippen molar-refractivity contribution in [1.82, 2.24) is 4.98 Å². The highest BCUT2D eigenvalue weighted by Gasteiger charge is 2.25. The molecule has 1 aliphatic rings. The van der Waals surface area contributed by atoms with Crippen LogP contribution in [0.5, 0.6) is 11.5 Å². The van der Waals surface area contributed by atoms with Gasteiger partial charge in [-0.05, 0) is 85.7 Å². The molecule has 0 bridgehead atoms. The Morgan fingerprint density at radius 3 is 2.31 bits per heavy atom. The van der Waals surface area contributed by atoms with E-state index in [1.54, 1.807) is 0 Å². The summed E-state index contributed by atoms with van der Waals surface area (Å²) in [6, 6.07) is 19.6. The van der Waals surface area contributed by atoms with E-state index in [9.17, 15) is 9.90 Å². The van der Waals surface area contributed by atoms with Crippen LogP contribution in [0.4, 0.5) is 5.82 Å². The molecule has 1 saturated heterocycles. The van der Waals surface area contributed by atoms with Gasteiger partial charge in [-0.3, -0.25) is 4.79 Å². The van der Waals surface area contributed by atoms with Crippen LogP contribution in [-0.2, 0) is 17.6 Å². The topological polar surface area (TPSA) is 62.7 Å². The van der Waals surface area contributed by atoms with Crippen molar-refractivity contribution in [2.45, 2.75) is 32.1 Å². The van der Waals surface area contributed by atoms with E-state index in [4.69, 9.17) is 16.3 Å². The number of ether oxygens (including phenoxy) is 1. The molecule has 32 heavy (non-hydrogen) atoms. The number of hydrogen-bond donors (Lipinski definition) is 1. The number of aromatic nitrogens is 1. The highest BCUT2D eigenvalue weighted by molar-refractivity contribution is 6.30. The Bertz CT molecular complexity index is 1020. The van der Waals surface area contributed by atoms with Crippen molar-refractivity contribution in [2.24, 2.45) is 5.92 Å². The Morgan fingerprint density at radius 2 is 1.66 bits per heavy atom. The Balaban J connectivity index is 1.24. The SMILES string of the molecule is O=C(O)C1CCCN(c2ccc(CCCc3ccc(Oc4ccc(Cl)cc4)cc3)cn2)C1. The molecule has 1 unspecified atom stereocenters. The van der Waals surface area contributed by atoms with Crippen LogP contribution >= 0.6 is 11.6 Å². The highest BCUT2D eigenvalue weighted by Crippen LogP contribution is 2.24. The number of nitrogens with zero attached hydrogens (tertiary/aromatic N) is 2. The minimum absolute atomic E-state index is 0.298. The van der Waals surface area contributed by atoms with Crippen LogP contribution in [0.2, 0.25) is 5.02 Å². The standard InChI is InChI=1S/C26H27ClN2O3/c27-22-9-13-24(14-10-22)32-23-11-6-19(7-12-23)3-1-4-20-8-15-25(28-17-20)29-16-2-5-21(18-29)26(30)31/h6-15,17,21H,1-5,16,18H2,(H,30,31). The predicted molar refractivity (Wildman–Crippen MR) is 127 cm³/mol. The number of anilines is 1. The van der Waals surface area contributed by atoms with Crippen molar-refractivity contribution in [2.75, 3.05) is 18.0 Å². The first-order valence-corrected chi connectivity index (χ1v) is 11.4. The van der Waals surface area contributed by atoms with Gasteiger partial charge in [-0.2, -0.15) is 0 Å². The van der Waals surface area contributed by atoms with Crippen LogP contribution < -0.4 is 9.64 Å². The molecule has 1 fully saturated rings. The zero-order chi connectivity index (χ0) is 22.3. The second-order valence-electron chi connectivity index (χ2n) is 8.20. The molecule has 2 aromatic carbocycles. The Hall–Kier alpha value is -3.05. The molecule has 1 atom stereocenters. The number of carboxylic acid groups (broad SMARTS) is 1. The van der Waals surface area contributed by atoms with Gasteiger partial charge in [-0.15, -0.1) is 0 Å². The maximum atomic E-state index is 11.3. The number of rotatable bonds is 8. The van der Waals surface area contributed by atoms with Gasteiger partial charge in [0.2, 0.25) is 0 Å². The third-order valence-corrected chi connectivity index (χ3v) is 6.06. The van der Waals surface area contributed by atoms with E-state index in [-0.39, 0.29) is 5.92 Å². The molecule has 1 aromatic heterocycles. The Morgan fingerprint density at radius 1 is 1.00 bits per heavy atom. The average molecular weight is 451 g/mol. The molecule has 1 N–H and O–H groups in total. The van der Waals surface area contributed by atoms with Gasteiger partial charge in [0.15, 0.2) is 0 Å². The van der Waals surface area contributed by atoms with Gasteiger partial charge in [0.25, 0.3) is 0 Å². The van der Waals surface area contributed by atoms with Gasteiger partial charge >= 0.3 is 5.97 Å². The molecule has 0 saturated carbocycles. The summed E-state index contributed by atoms with van der Waals surface area (Å²) in [5.74, 6) is 1.43. The van der Waals surface area contributed by atoms with E-state index in [0.29, 0.717) is 11.6 Å². The third-order valence-electron chi connectivity index (χ3n) is 5.81. The minimum Gasteiger partial charge on any atom is -0.481 e. The maximum absolute atomic E-state index is 11.3. The number of aliphatic carboxylic acids is 1.